The number of phenols is 1. The van der Waals surface area contributed by atoms with Gasteiger partial charge in [-0.15, -0.1) is 0 Å². The molecule has 5 aliphatic rings. The van der Waals surface area contributed by atoms with Crippen LogP contribution in [0.3, 0.4) is 0 Å². The Labute approximate surface area is 221 Å². The zero-order chi connectivity index (χ0) is 27.3. The van der Waals surface area contributed by atoms with Gasteiger partial charge in [-0.1, -0.05) is 0 Å². The van der Waals surface area contributed by atoms with Crippen LogP contribution in [0.2, 0.25) is 5.31 Å². The summed E-state index contributed by atoms with van der Waals surface area (Å²) in [7, 11) is 0. The van der Waals surface area contributed by atoms with Gasteiger partial charge in [-0.2, -0.15) is 0 Å². The van der Waals surface area contributed by atoms with Crippen LogP contribution in [0.15, 0.2) is 23.0 Å². The fourth-order valence-corrected chi connectivity index (χ4v) is 7.28. The van der Waals surface area contributed by atoms with Gasteiger partial charge in [0.25, 0.3) is 0 Å². The van der Waals surface area contributed by atoms with Crippen LogP contribution in [0.4, 0.5) is 4.39 Å². The number of primary amides is 1. The zero-order valence-corrected chi connectivity index (χ0v) is 21.9. The Morgan fingerprint density at radius 2 is 1.95 bits per heavy atom. The van der Waals surface area contributed by atoms with Crippen molar-refractivity contribution in [1.29, 1.82) is 0 Å². The monoisotopic (exact) mass is 521 g/mol. The summed E-state index contributed by atoms with van der Waals surface area (Å²) in [6.45, 7) is 9.23. The molecule has 2 heterocycles. The molecule has 3 aliphatic carbocycles. The standard InChI is InChI=1S/C28H33BFN3O5/c1-27(2,3)32-11-13-10-16(34)18-14(20(13)30)8-12-9-15-21(33-6-4-5-7-33)23(36)19(26(31)38)24-28(15,29-24)25(37)17(12)22(18)35/h10,12,15,21,32,34-36H,4-9,11H2,1-3H3,(H2,31,38)/t12-,15-,21-,28+/m0/s1. The summed E-state index contributed by atoms with van der Waals surface area (Å²) in [5.41, 5.74) is 6.39. The predicted octanol–water partition coefficient (Wildman–Crippen LogP) is 2.27. The number of allylic oxidation sites excluding steroid dienone is 1. The Balaban J connectivity index is 1.45. The minimum atomic E-state index is -1.13. The maximum atomic E-state index is 15.8. The third kappa shape index (κ3) is 3.45. The van der Waals surface area contributed by atoms with Crippen LogP contribution in [0.25, 0.3) is 5.76 Å². The number of amides is 1. The van der Waals surface area contributed by atoms with E-state index >= 15 is 4.39 Å². The van der Waals surface area contributed by atoms with Crippen LogP contribution in [0.5, 0.6) is 5.75 Å². The van der Waals surface area contributed by atoms with Crippen molar-refractivity contribution in [2.75, 3.05) is 13.1 Å². The van der Waals surface area contributed by atoms with E-state index in [9.17, 15) is 24.9 Å². The molecule has 1 spiro atoms. The number of phenolic OH excluding ortho intramolecular Hbond substituents is 1. The first kappa shape index (κ1) is 25.3. The molecule has 2 aliphatic heterocycles. The number of Topliss-reactive ketones (excluding diaryl/α,β-unsaturated/α-hetero) is 1. The van der Waals surface area contributed by atoms with E-state index in [0.29, 0.717) is 11.9 Å². The predicted molar refractivity (Wildman–Crippen MR) is 141 cm³/mol. The summed E-state index contributed by atoms with van der Waals surface area (Å²) >= 11 is 0. The number of fused-ring (bicyclic) bond motifs is 2. The van der Waals surface area contributed by atoms with E-state index in [4.69, 9.17) is 5.73 Å². The van der Waals surface area contributed by atoms with Crippen molar-refractivity contribution in [3.63, 3.8) is 0 Å². The SMILES string of the molecule is CC(C)(C)NCc1cc(O)c2c(c1F)C[C@H]1C[C@H]3[C@H](N4CCCC4)C(O)=C(C(N)=O)C4=B[C@@]43C(=O)C1=C2O. The number of ketones is 1. The molecule has 38 heavy (non-hydrogen) atoms. The van der Waals surface area contributed by atoms with Gasteiger partial charge in [0.2, 0.25) is 0 Å². The number of likely N-dealkylation sites (tertiary alicyclic amines) is 1. The molecule has 1 aromatic carbocycles. The molecule has 1 saturated carbocycles. The number of hydrogen-bond donors (Lipinski definition) is 5. The number of aromatic hydroxyl groups is 1. The van der Waals surface area contributed by atoms with Gasteiger partial charge >= 0.3 is 221 Å². The van der Waals surface area contributed by atoms with Crippen LogP contribution in [-0.2, 0) is 22.6 Å². The van der Waals surface area contributed by atoms with E-state index in [2.05, 4.69) is 10.2 Å². The van der Waals surface area contributed by atoms with Gasteiger partial charge in [0, 0.05) is 0 Å². The van der Waals surface area contributed by atoms with E-state index in [1.165, 1.54) is 6.07 Å². The number of halogens is 1. The number of nitrogens with one attached hydrogen (secondary N) is 1. The molecule has 1 amide bonds. The topological polar surface area (TPSA) is 136 Å². The number of carbonyl (C=O) groups is 2. The molecule has 0 radical (unpaired) electrons. The Hall–Kier alpha value is -2.98. The van der Waals surface area contributed by atoms with Crippen LogP contribution < -0.4 is 11.1 Å². The second kappa shape index (κ2) is 8.26. The number of aliphatic hydroxyl groups is 2. The van der Waals surface area contributed by atoms with Crippen molar-refractivity contribution in [1.82, 2.24) is 10.2 Å². The third-order valence-electron chi connectivity index (χ3n) is 9.02. The minimum absolute atomic E-state index is 0.00821. The van der Waals surface area contributed by atoms with Gasteiger partial charge in [-0.3, -0.25) is 0 Å². The second-order valence-corrected chi connectivity index (χ2v) is 12.4. The normalized spacial score (nSPS) is 30.3. The number of rotatable bonds is 4. The Kier molecular flexibility index (Phi) is 5.50. The number of hydrogen-bond acceptors (Lipinski definition) is 7. The Morgan fingerprint density at radius 1 is 1.26 bits per heavy atom. The van der Waals surface area contributed by atoms with Crippen LogP contribution in [-0.4, -0.2) is 69.0 Å². The van der Waals surface area contributed by atoms with Gasteiger partial charge in [-0.05, 0) is 0 Å². The number of benzene rings is 1. The first-order valence-electron chi connectivity index (χ1n) is 13.3. The summed E-state index contributed by atoms with van der Waals surface area (Å²) in [6, 6.07) is 0.743. The number of nitrogens with two attached hydrogens (primary N) is 1. The van der Waals surface area contributed by atoms with E-state index in [-0.39, 0.29) is 69.6 Å². The molecule has 1 aromatic rings. The molecular weight excluding hydrogens is 488 g/mol. The van der Waals surface area contributed by atoms with Crippen LogP contribution in [0, 0.1) is 17.7 Å². The summed E-state index contributed by atoms with van der Waals surface area (Å²) < 4.78 is 15.8. The number of carbonyl (C=O) groups excluding carboxylic acids is 2. The summed E-state index contributed by atoms with van der Waals surface area (Å²) in [5.74, 6) is -3.28. The van der Waals surface area contributed by atoms with Crippen molar-refractivity contribution in [2.24, 2.45) is 17.6 Å². The summed E-state index contributed by atoms with van der Waals surface area (Å²) in [6.07, 6.45) is 2.45. The summed E-state index contributed by atoms with van der Waals surface area (Å²) in [5, 5.41) is 35.5. The average molecular weight is 521 g/mol. The molecule has 1 saturated heterocycles. The molecule has 0 aromatic heterocycles. The van der Waals surface area contributed by atoms with Crippen molar-refractivity contribution >= 4 is 29.8 Å². The number of nitrogens with zero attached hydrogens (tertiary/aromatic N) is 1. The molecule has 0 unspecified atom stereocenters. The second-order valence-electron chi connectivity index (χ2n) is 12.4. The average Bonchev–Trinajstić information content (AvgIpc) is 3.31. The fraction of sp³-hybridized carbons (Fsp3) is 0.536. The molecule has 200 valence electrons. The molecule has 0 bridgehead atoms. The van der Waals surface area contributed by atoms with Crippen molar-refractivity contribution in [3.05, 3.63) is 45.5 Å². The van der Waals surface area contributed by atoms with E-state index in [1.807, 2.05) is 20.8 Å². The van der Waals surface area contributed by atoms with Crippen molar-refractivity contribution in [3.8, 4) is 5.75 Å². The quantitative estimate of drug-likeness (QED) is 0.384. The van der Waals surface area contributed by atoms with E-state index < -0.39 is 34.8 Å². The van der Waals surface area contributed by atoms with Gasteiger partial charge in [0.15, 0.2) is 0 Å². The summed E-state index contributed by atoms with van der Waals surface area (Å²) in [4.78, 5) is 28.6. The van der Waals surface area contributed by atoms with Gasteiger partial charge in [0.1, 0.15) is 0 Å². The van der Waals surface area contributed by atoms with Crippen LogP contribution >= 0.6 is 0 Å². The molecule has 6 N–H and O–H groups in total. The van der Waals surface area contributed by atoms with Crippen LogP contribution in [0.1, 0.15) is 56.7 Å². The van der Waals surface area contributed by atoms with E-state index in [1.54, 1.807) is 6.92 Å². The van der Waals surface area contributed by atoms with E-state index in [0.717, 1.165) is 25.9 Å². The van der Waals surface area contributed by atoms with Gasteiger partial charge in [0.05, 0.1) is 0 Å². The third-order valence-corrected chi connectivity index (χ3v) is 9.02. The first-order chi connectivity index (χ1) is 17.9. The molecule has 4 atom stereocenters. The molecular formula is C28H33BFN3O5. The molecule has 2 fully saturated rings. The van der Waals surface area contributed by atoms with Gasteiger partial charge < -0.3 is 0 Å². The van der Waals surface area contributed by atoms with Crippen molar-refractivity contribution in [2.45, 2.75) is 69.9 Å². The van der Waals surface area contributed by atoms with Gasteiger partial charge in [-0.25, -0.2) is 0 Å². The Bertz CT molecular complexity index is 1390. The first-order valence-corrected chi connectivity index (χ1v) is 13.3. The molecule has 8 nitrogen and oxygen atoms in total. The van der Waals surface area contributed by atoms with Crippen molar-refractivity contribution < 1.29 is 29.3 Å². The maximum absolute atomic E-state index is 15.8. The zero-order valence-electron chi connectivity index (χ0n) is 21.9. The Morgan fingerprint density at radius 3 is 2.58 bits per heavy atom. The fourth-order valence-electron chi connectivity index (χ4n) is 7.28. The molecule has 6 rings (SSSR count). The molecule has 10 heteroatoms. The number of aliphatic hydroxyl groups excluding tert-OH is 2.